The maximum absolute atomic E-state index is 12.9. The van der Waals surface area contributed by atoms with Crippen LogP contribution in [0.25, 0.3) is 6.08 Å². The molecule has 27 heavy (non-hydrogen) atoms. The van der Waals surface area contributed by atoms with Crippen molar-refractivity contribution in [3.63, 3.8) is 0 Å². The Morgan fingerprint density at radius 1 is 0.963 bits per heavy atom. The molecule has 0 fully saturated rings. The third kappa shape index (κ3) is 5.38. The lowest BCUT2D eigenvalue weighted by molar-refractivity contribution is -0.127. The lowest BCUT2D eigenvalue weighted by Crippen LogP contribution is -2.28. The number of carbonyl (C=O) groups is 1. The van der Waals surface area contributed by atoms with Crippen molar-refractivity contribution in [3.8, 4) is 0 Å². The van der Waals surface area contributed by atoms with E-state index in [1.807, 2.05) is 65.7 Å². The molecule has 136 valence electrons. The number of aryl methyl sites for hydroxylation is 2. The molecule has 0 radical (unpaired) electrons. The Morgan fingerprint density at radius 2 is 1.74 bits per heavy atom. The van der Waals surface area contributed by atoms with E-state index in [4.69, 9.17) is 0 Å². The first-order valence-electron chi connectivity index (χ1n) is 9.09. The van der Waals surface area contributed by atoms with Crippen molar-refractivity contribution in [1.82, 2.24) is 9.88 Å². The van der Waals surface area contributed by atoms with Gasteiger partial charge in [0, 0.05) is 31.6 Å². The second kappa shape index (κ2) is 8.95. The van der Waals surface area contributed by atoms with E-state index < -0.39 is 0 Å². The van der Waals surface area contributed by atoms with Gasteiger partial charge in [-0.15, -0.1) is 0 Å². The van der Waals surface area contributed by atoms with Gasteiger partial charge in [-0.05, 0) is 48.2 Å². The highest BCUT2D eigenvalue weighted by Gasteiger charge is 2.13. The molecule has 0 N–H and O–H groups in total. The molecule has 0 spiro atoms. The Bertz CT molecular complexity index is 915. The molecule has 0 atom stereocenters. The quantitative estimate of drug-likeness (QED) is 0.586. The molecule has 3 aromatic rings. The fourth-order valence-corrected chi connectivity index (χ4v) is 2.87. The molecule has 1 amide bonds. The van der Waals surface area contributed by atoms with E-state index in [0.29, 0.717) is 13.1 Å². The predicted octanol–water partition coefficient (Wildman–Crippen LogP) is 4.94. The summed E-state index contributed by atoms with van der Waals surface area (Å²) in [6, 6.07) is 20.2. The number of hydrogen-bond acceptors (Lipinski definition) is 2. The highest BCUT2D eigenvalue weighted by Crippen LogP contribution is 2.14. The van der Waals surface area contributed by atoms with Gasteiger partial charge in [-0.1, -0.05) is 60.2 Å². The molecule has 0 aliphatic rings. The van der Waals surface area contributed by atoms with Gasteiger partial charge in [-0.25, -0.2) is 0 Å². The number of rotatable bonds is 6. The lowest BCUT2D eigenvalue weighted by Gasteiger charge is -2.22. The summed E-state index contributed by atoms with van der Waals surface area (Å²) in [6.07, 6.45) is 7.07. The van der Waals surface area contributed by atoms with E-state index in [2.05, 4.69) is 31.0 Å². The minimum Gasteiger partial charge on any atom is -0.330 e. The van der Waals surface area contributed by atoms with E-state index >= 15 is 0 Å². The van der Waals surface area contributed by atoms with Crippen molar-refractivity contribution in [2.45, 2.75) is 26.9 Å². The Morgan fingerprint density at radius 3 is 2.44 bits per heavy atom. The molecule has 3 rings (SSSR count). The molecule has 1 aromatic heterocycles. The average Bonchev–Trinajstić information content (AvgIpc) is 2.69. The van der Waals surface area contributed by atoms with Gasteiger partial charge in [-0.3, -0.25) is 9.78 Å². The minimum absolute atomic E-state index is 0.0114. The number of aromatic nitrogens is 1. The molecule has 0 aliphatic carbocycles. The molecule has 0 unspecified atom stereocenters. The highest BCUT2D eigenvalue weighted by atomic mass is 16.2. The standard InChI is InChI=1S/C24H24N2O/c1-19-9-11-21(12-10-19)13-14-24(27)26(17-22-7-5-15-25-16-22)18-23-8-4-3-6-20(23)2/h3-16H,17-18H2,1-2H3/b14-13+. The van der Waals surface area contributed by atoms with Crippen molar-refractivity contribution in [3.05, 3.63) is 107 Å². The van der Waals surface area contributed by atoms with Crippen LogP contribution in [0.4, 0.5) is 0 Å². The summed E-state index contributed by atoms with van der Waals surface area (Å²) in [4.78, 5) is 18.9. The van der Waals surface area contributed by atoms with Crippen molar-refractivity contribution in [1.29, 1.82) is 0 Å². The topological polar surface area (TPSA) is 33.2 Å². The molecule has 0 saturated carbocycles. The molecular formula is C24H24N2O. The van der Waals surface area contributed by atoms with E-state index in [-0.39, 0.29) is 5.91 Å². The third-order valence-corrected chi connectivity index (χ3v) is 4.53. The minimum atomic E-state index is -0.0114. The summed E-state index contributed by atoms with van der Waals surface area (Å²) in [6.45, 7) is 5.22. The van der Waals surface area contributed by atoms with E-state index in [1.54, 1.807) is 12.3 Å². The molecule has 0 bridgehead atoms. The number of nitrogens with zero attached hydrogens (tertiary/aromatic N) is 2. The predicted molar refractivity (Wildman–Crippen MR) is 110 cm³/mol. The SMILES string of the molecule is Cc1ccc(/C=C/C(=O)N(Cc2cccnc2)Cc2ccccc2C)cc1. The number of hydrogen-bond donors (Lipinski definition) is 0. The average molecular weight is 356 g/mol. The van der Waals surface area contributed by atoms with E-state index in [0.717, 1.165) is 16.7 Å². The molecule has 3 heteroatoms. The number of carbonyl (C=O) groups excluding carboxylic acids is 1. The molecule has 2 aromatic carbocycles. The van der Waals surface area contributed by atoms with Crippen molar-refractivity contribution in [2.24, 2.45) is 0 Å². The van der Waals surface area contributed by atoms with E-state index in [9.17, 15) is 4.79 Å². The zero-order valence-electron chi connectivity index (χ0n) is 15.8. The van der Waals surface area contributed by atoms with Crippen molar-refractivity contribution >= 4 is 12.0 Å². The van der Waals surface area contributed by atoms with Gasteiger partial charge >= 0.3 is 0 Å². The van der Waals surface area contributed by atoms with Crippen LogP contribution in [0.1, 0.15) is 27.8 Å². The van der Waals surface area contributed by atoms with Crippen molar-refractivity contribution in [2.75, 3.05) is 0 Å². The highest BCUT2D eigenvalue weighted by molar-refractivity contribution is 5.91. The van der Waals surface area contributed by atoms with E-state index in [1.165, 1.54) is 11.1 Å². The van der Waals surface area contributed by atoms with Gasteiger partial charge < -0.3 is 4.90 Å². The van der Waals surface area contributed by atoms with Crippen LogP contribution in [0.3, 0.4) is 0 Å². The molecule has 3 nitrogen and oxygen atoms in total. The number of pyridine rings is 1. The maximum Gasteiger partial charge on any atom is 0.247 e. The number of amides is 1. The summed E-state index contributed by atoms with van der Waals surface area (Å²) >= 11 is 0. The van der Waals surface area contributed by atoms with Crippen LogP contribution in [0.2, 0.25) is 0 Å². The Kier molecular flexibility index (Phi) is 6.16. The summed E-state index contributed by atoms with van der Waals surface area (Å²) in [5.74, 6) is -0.0114. The van der Waals surface area contributed by atoms with Crippen LogP contribution < -0.4 is 0 Å². The normalized spacial score (nSPS) is 10.9. The molecular weight excluding hydrogens is 332 g/mol. The summed E-state index contributed by atoms with van der Waals surface area (Å²) in [5, 5.41) is 0. The second-order valence-electron chi connectivity index (χ2n) is 6.73. The first-order valence-corrected chi connectivity index (χ1v) is 9.09. The van der Waals surface area contributed by atoms with Gasteiger partial charge in [0.15, 0.2) is 0 Å². The fraction of sp³-hybridized carbons (Fsp3) is 0.167. The Balaban J connectivity index is 1.80. The zero-order chi connectivity index (χ0) is 19.1. The van der Waals surface area contributed by atoms with Gasteiger partial charge in [0.2, 0.25) is 5.91 Å². The van der Waals surface area contributed by atoms with Crippen molar-refractivity contribution < 1.29 is 4.79 Å². The van der Waals surface area contributed by atoms with Gasteiger partial charge in [0.1, 0.15) is 0 Å². The van der Waals surface area contributed by atoms with Crippen LogP contribution >= 0.6 is 0 Å². The summed E-state index contributed by atoms with van der Waals surface area (Å²) in [5.41, 5.74) is 5.58. The van der Waals surface area contributed by atoms with Gasteiger partial charge in [0.05, 0.1) is 0 Å². The van der Waals surface area contributed by atoms with Gasteiger partial charge in [0.25, 0.3) is 0 Å². The Labute approximate surface area is 161 Å². The monoisotopic (exact) mass is 356 g/mol. The molecule has 0 saturated heterocycles. The summed E-state index contributed by atoms with van der Waals surface area (Å²) < 4.78 is 0. The van der Waals surface area contributed by atoms with Crippen LogP contribution in [0.5, 0.6) is 0 Å². The van der Waals surface area contributed by atoms with Crippen LogP contribution in [-0.2, 0) is 17.9 Å². The maximum atomic E-state index is 12.9. The number of benzene rings is 2. The zero-order valence-corrected chi connectivity index (χ0v) is 15.8. The first-order chi connectivity index (χ1) is 13.1. The first kappa shape index (κ1) is 18.6. The van der Waals surface area contributed by atoms with Crippen LogP contribution in [-0.4, -0.2) is 15.8 Å². The Hall–Kier alpha value is -3.20. The third-order valence-electron chi connectivity index (χ3n) is 4.53. The van der Waals surface area contributed by atoms with Crippen LogP contribution in [0.15, 0.2) is 79.1 Å². The van der Waals surface area contributed by atoms with Gasteiger partial charge in [-0.2, -0.15) is 0 Å². The smallest absolute Gasteiger partial charge is 0.247 e. The lowest BCUT2D eigenvalue weighted by atomic mass is 10.1. The summed E-state index contributed by atoms with van der Waals surface area (Å²) in [7, 11) is 0. The molecule has 0 aliphatic heterocycles. The fourth-order valence-electron chi connectivity index (χ4n) is 2.87. The largest absolute Gasteiger partial charge is 0.330 e. The van der Waals surface area contributed by atoms with Crippen LogP contribution in [0, 0.1) is 13.8 Å². The molecule has 1 heterocycles. The second-order valence-corrected chi connectivity index (χ2v) is 6.73.